The van der Waals surface area contributed by atoms with E-state index in [1.54, 1.807) is 69.0 Å². The maximum atomic E-state index is 12.2. The Morgan fingerprint density at radius 1 is 1.12 bits per heavy atom. The molecule has 0 bridgehead atoms. The van der Waals surface area contributed by atoms with Crippen LogP contribution in [0.2, 0.25) is 0 Å². The van der Waals surface area contributed by atoms with Crippen LogP contribution in [-0.2, 0) is 11.8 Å². The minimum atomic E-state index is -0.633. The zero-order valence-electron chi connectivity index (χ0n) is 19.6. The number of carbonyl (C=O) groups is 1. The predicted molar refractivity (Wildman–Crippen MR) is 130 cm³/mol. The number of ether oxygens (including phenoxy) is 2. The smallest absolute Gasteiger partial charge is 0.412 e. The number of hydrogen-bond acceptors (Lipinski definition) is 7. The Bertz CT molecular complexity index is 1450. The molecule has 1 amide bonds. The molecular weight excluding hydrogens is 436 g/mol. The van der Waals surface area contributed by atoms with Gasteiger partial charge < -0.3 is 19.8 Å². The van der Waals surface area contributed by atoms with Gasteiger partial charge in [-0.05, 0) is 39.0 Å². The van der Waals surface area contributed by atoms with E-state index in [1.165, 1.54) is 17.7 Å². The second-order valence-electron chi connectivity index (χ2n) is 8.72. The van der Waals surface area contributed by atoms with Crippen molar-refractivity contribution in [1.82, 2.24) is 18.9 Å². The molecule has 4 rings (SSSR count). The molecule has 3 heterocycles. The minimum absolute atomic E-state index is 0.155. The quantitative estimate of drug-likeness (QED) is 0.474. The van der Waals surface area contributed by atoms with Gasteiger partial charge in [0.15, 0.2) is 0 Å². The van der Waals surface area contributed by atoms with Gasteiger partial charge in [-0.3, -0.25) is 14.5 Å². The van der Waals surface area contributed by atoms with Crippen molar-refractivity contribution in [1.29, 1.82) is 0 Å². The SMILES string of the molecule is COc1cc(-c2nc(-c3ccn(C)c(=O)c3)n3ccnc(N)c23)ccc1NC(=O)OC(C)(C)C. The third kappa shape index (κ3) is 4.42. The van der Waals surface area contributed by atoms with Crippen molar-refractivity contribution in [2.24, 2.45) is 7.05 Å². The van der Waals surface area contributed by atoms with Gasteiger partial charge in [-0.15, -0.1) is 0 Å². The molecule has 0 saturated carbocycles. The predicted octanol–water partition coefficient (Wildman–Crippen LogP) is 3.70. The van der Waals surface area contributed by atoms with Crippen molar-refractivity contribution in [3.05, 3.63) is 59.3 Å². The number of fused-ring (bicyclic) bond motifs is 1. The number of hydrogen-bond donors (Lipinski definition) is 2. The fourth-order valence-corrected chi connectivity index (χ4v) is 3.51. The molecule has 10 heteroatoms. The van der Waals surface area contributed by atoms with E-state index in [0.29, 0.717) is 39.6 Å². The fraction of sp³-hybridized carbons (Fsp3) is 0.250. The number of nitrogen functional groups attached to an aromatic ring is 1. The van der Waals surface area contributed by atoms with Crippen LogP contribution >= 0.6 is 0 Å². The minimum Gasteiger partial charge on any atom is -0.495 e. The normalized spacial score (nSPS) is 11.4. The van der Waals surface area contributed by atoms with E-state index in [-0.39, 0.29) is 11.4 Å². The second kappa shape index (κ2) is 8.54. The lowest BCUT2D eigenvalue weighted by atomic mass is 10.1. The average Bonchev–Trinajstić information content (AvgIpc) is 3.15. The van der Waals surface area contributed by atoms with Crippen LogP contribution in [0, 0.1) is 0 Å². The topological polar surface area (TPSA) is 126 Å². The highest BCUT2D eigenvalue weighted by molar-refractivity contribution is 5.91. The number of rotatable bonds is 4. The maximum absolute atomic E-state index is 12.2. The molecule has 0 aliphatic heterocycles. The molecule has 0 unspecified atom stereocenters. The summed E-state index contributed by atoms with van der Waals surface area (Å²) in [5.74, 6) is 1.25. The summed E-state index contributed by atoms with van der Waals surface area (Å²) < 4.78 is 14.1. The largest absolute Gasteiger partial charge is 0.495 e. The van der Waals surface area contributed by atoms with E-state index in [1.807, 2.05) is 6.07 Å². The summed E-state index contributed by atoms with van der Waals surface area (Å²) in [4.78, 5) is 33.5. The van der Waals surface area contributed by atoms with Crippen LogP contribution in [0.1, 0.15) is 20.8 Å². The fourth-order valence-electron chi connectivity index (χ4n) is 3.51. The Labute approximate surface area is 196 Å². The highest BCUT2D eigenvalue weighted by Crippen LogP contribution is 2.36. The first kappa shape index (κ1) is 22.8. The number of anilines is 2. The van der Waals surface area contributed by atoms with E-state index in [4.69, 9.17) is 20.2 Å². The summed E-state index contributed by atoms with van der Waals surface area (Å²) in [5, 5.41) is 2.70. The highest BCUT2D eigenvalue weighted by atomic mass is 16.6. The molecule has 4 aromatic rings. The van der Waals surface area contributed by atoms with Crippen LogP contribution < -0.4 is 21.3 Å². The third-order valence-corrected chi connectivity index (χ3v) is 5.06. The van der Waals surface area contributed by atoms with Crippen molar-refractivity contribution < 1.29 is 14.3 Å². The molecule has 0 aliphatic carbocycles. The number of carbonyl (C=O) groups excluding carboxylic acids is 1. The number of nitrogens with zero attached hydrogens (tertiary/aromatic N) is 4. The highest BCUT2D eigenvalue weighted by Gasteiger charge is 2.21. The monoisotopic (exact) mass is 462 g/mol. The first-order valence-corrected chi connectivity index (χ1v) is 10.6. The number of benzene rings is 1. The first-order valence-electron chi connectivity index (χ1n) is 10.6. The number of aryl methyl sites for hydroxylation is 1. The number of nitrogens with one attached hydrogen (secondary N) is 1. The van der Waals surface area contributed by atoms with Crippen molar-refractivity contribution >= 4 is 23.1 Å². The van der Waals surface area contributed by atoms with E-state index >= 15 is 0 Å². The summed E-state index contributed by atoms with van der Waals surface area (Å²) in [6, 6.07) is 8.56. The molecule has 0 fully saturated rings. The zero-order chi connectivity index (χ0) is 24.6. The Kier molecular flexibility index (Phi) is 5.74. The summed E-state index contributed by atoms with van der Waals surface area (Å²) in [5.41, 5.74) is 8.37. The Hall–Kier alpha value is -4.34. The summed E-state index contributed by atoms with van der Waals surface area (Å²) in [6.45, 7) is 5.36. The Morgan fingerprint density at radius 3 is 2.56 bits per heavy atom. The Morgan fingerprint density at radius 2 is 1.88 bits per heavy atom. The van der Waals surface area contributed by atoms with Gasteiger partial charge in [-0.1, -0.05) is 6.07 Å². The molecule has 0 radical (unpaired) electrons. The van der Waals surface area contributed by atoms with Gasteiger partial charge in [0.25, 0.3) is 5.56 Å². The van der Waals surface area contributed by atoms with Crippen LogP contribution in [0.4, 0.5) is 16.3 Å². The maximum Gasteiger partial charge on any atom is 0.412 e. The molecule has 3 N–H and O–H groups in total. The number of methoxy groups -OCH3 is 1. The molecule has 176 valence electrons. The van der Waals surface area contributed by atoms with Gasteiger partial charge in [-0.2, -0.15) is 0 Å². The second-order valence-corrected chi connectivity index (χ2v) is 8.72. The summed E-state index contributed by atoms with van der Waals surface area (Å²) >= 11 is 0. The number of nitrogens with two attached hydrogens (primary N) is 1. The zero-order valence-corrected chi connectivity index (χ0v) is 19.6. The number of amides is 1. The lowest BCUT2D eigenvalue weighted by Gasteiger charge is -2.20. The van der Waals surface area contributed by atoms with Crippen LogP contribution in [0.25, 0.3) is 28.2 Å². The lowest BCUT2D eigenvalue weighted by Crippen LogP contribution is -2.27. The molecule has 1 aromatic carbocycles. The molecule has 0 atom stereocenters. The molecule has 0 aliphatic rings. The van der Waals surface area contributed by atoms with Crippen molar-refractivity contribution in [3.8, 4) is 28.4 Å². The lowest BCUT2D eigenvalue weighted by molar-refractivity contribution is 0.0635. The molecular formula is C24H26N6O4. The van der Waals surface area contributed by atoms with E-state index in [9.17, 15) is 9.59 Å². The molecule has 34 heavy (non-hydrogen) atoms. The molecule has 0 saturated heterocycles. The van der Waals surface area contributed by atoms with Crippen molar-refractivity contribution in [3.63, 3.8) is 0 Å². The van der Waals surface area contributed by atoms with Crippen molar-refractivity contribution in [2.45, 2.75) is 26.4 Å². The summed E-state index contributed by atoms with van der Waals surface area (Å²) in [7, 11) is 3.19. The van der Waals surface area contributed by atoms with Gasteiger partial charge in [0.05, 0.1) is 12.8 Å². The van der Waals surface area contributed by atoms with E-state index < -0.39 is 11.7 Å². The number of pyridine rings is 1. The number of imidazole rings is 1. The average molecular weight is 463 g/mol. The first-order chi connectivity index (χ1) is 16.1. The van der Waals surface area contributed by atoms with Gasteiger partial charge >= 0.3 is 6.09 Å². The van der Waals surface area contributed by atoms with Crippen LogP contribution in [0.3, 0.4) is 0 Å². The van der Waals surface area contributed by atoms with Gasteiger partial charge in [0.1, 0.15) is 34.2 Å². The van der Waals surface area contributed by atoms with Crippen molar-refractivity contribution in [2.75, 3.05) is 18.2 Å². The Balaban J connectivity index is 1.81. The summed E-state index contributed by atoms with van der Waals surface area (Å²) in [6.07, 6.45) is 4.41. The van der Waals surface area contributed by atoms with Gasteiger partial charge in [0.2, 0.25) is 0 Å². The van der Waals surface area contributed by atoms with E-state index in [0.717, 1.165) is 0 Å². The van der Waals surface area contributed by atoms with E-state index in [2.05, 4.69) is 10.3 Å². The molecule has 10 nitrogen and oxygen atoms in total. The number of aromatic nitrogens is 4. The molecule has 3 aromatic heterocycles. The van der Waals surface area contributed by atoms with Crippen LogP contribution in [-0.4, -0.2) is 37.7 Å². The third-order valence-electron chi connectivity index (χ3n) is 5.06. The van der Waals surface area contributed by atoms with Crippen LogP contribution in [0.15, 0.2) is 53.7 Å². The van der Waals surface area contributed by atoms with Crippen LogP contribution in [0.5, 0.6) is 5.75 Å². The standard InChI is InChI=1S/C24H26N6O4/c1-24(2,3)34-23(32)27-16-7-6-14(12-17(16)33-5)19-20-21(25)26-9-11-30(20)22(28-19)15-8-10-29(4)18(31)13-15/h6-13H,1-5H3,(H2,25,26)(H,27,32). The van der Waals surface area contributed by atoms with Gasteiger partial charge in [-0.25, -0.2) is 14.8 Å². The molecule has 0 spiro atoms. The van der Waals surface area contributed by atoms with Gasteiger partial charge in [0, 0.05) is 42.8 Å².